The minimum absolute atomic E-state index is 0.610. The van der Waals surface area contributed by atoms with Gasteiger partial charge in [0.05, 0.1) is 17.6 Å². The molecule has 1 atom stereocenters. The fraction of sp³-hybridized carbons (Fsp3) is 0.385. The molecule has 4 nitrogen and oxygen atoms in total. The zero-order valence-electron chi connectivity index (χ0n) is 9.77. The molecule has 4 heteroatoms. The van der Waals surface area contributed by atoms with Gasteiger partial charge in [-0.05, 0) is 18.6 Å². The SMILES string of the molecule is [C-]#[N+]C1(N)CCc2nn3cc(C)ccc3c2C1. The van der Waals surface area contributed by atoms with Gasteiger partial charge in [0.25, 0.3) is 5.66 Å². The molecule has 1 unspecified atom stereocenters. The van der Waals surface area contributed by atoms with Crippen molar-refractivity contribution in [3.8, 4) is 0 Å². The third-order valence-corrected chi connectivity index (χ3v) is 3.46. The van der Waals surface area contributed by atoms with Crippen molar-refractivity contribution in [1.29, 1.82) is 0 Å². The Kier molecular flexibility index (Phi) is 2.01. The quantitative estimate of drug-likeness (QED) is 0.695. The van der Waals surface area contributed by atoms with Crippen LogP contribution in [-0.4, -0.2) is 15.3 Å². The molecule has 0 fully saturated rings. The van der Waals surface area contributed by atoms with E-state index in [0.717, 1.165) is 23.2 Å². The maximum atomic E-state index is 7.20. The topological polar surface area (TPSA) is 47.7 Å². The van der Waals surface area contributed by atoms with E-state index < -0.39 is 5.66 Å². The summed E-state index contributed by atoms with van der Waals surface area (Å²) < 4.78 is 1.91. The number of nitrogens with two attached hydrogens (primary N) is 1. The lowest BCUT2D eigenvalue weighted by atomic mass is 9.88. The fourth-order valence-corrected chi connectivity index (χ4v) is 2.47. The van der Waals surface area contributed by atoms with Gasteiger partial charge in [-0.2, -0.15) is 5.10 Å². The van der Waals surface area contributed by atoms with Gasteiger partial charge in [0.15, 0.2) is 0 Å². The van der Waals surface area contributed by atoms with Gasteiger partial charge in [0, 0.05) is 24.6 Å². The predicted octanol–water partition coefficient (Wildman–Crippen LogP) is 1.71. The van der Waals surface area contributed by atoms with Crippen molar-refractivity contribution in [3.63, 3.8) is 0 Å². The maximum absolute atomic E-state index is 7.20. The molecule has 0 aliphatic heterocycles. The second kappa shape index (κ2) is 3.31. The number of aromatic nitrogens is 2. The van der Waals surface area contributed by atoms with Crippen molar-refractivity contribution >= 4 is 5.52 Å². The van der Waals surface area contributed by atoms with Crippen LogP contribution in [0.4, 0.5) is 0 Å². The first-order valence-electron chi connectivity index (χ1n) is 5.75. The Morgan fingerprint density at radius 1 is 1.53 bits per heavy atom. The van der Waals surface area contributed by atoms with Crippen molar-refractivity contribution in [2.45, 2.75) is 31.8 Å². The Balaban J connectivity index is 2.19. The summed E-state index contributed by atoms with van der Waals surface area (Å²) in [5.74, 6) is 0. The molecule has 0 bridgehead atoms. The average molecular weight is 226 g/mol. The normalized spacial score (nSPS) is 23.4. The molecule has 0 aromatic carbocycles. The highest BCUT2D eigenvalue weighted by atomic mass is 15.2. The number of aryl methyl sites for hydroxylation is 2. The molecule has 0 amide bonds. The van der Waals surface area contributed by atoms with Crippen molar-refractivity contribution in [3.05, 3.63) is 46.6 Å². The van der Waals surface area contributed by atoms with Gasteiger partial charge in [-0.3, -0.25) is 10.6 Å². The molecular formula is C13H14N4. The van der Waals surface area contributed by atoms with Gasteiger partial charge in [0.2, 0.25) is 0 Å². The highest BCUT2D eigenvalue weighted by molar-refractivity contribution is 5.58. The zero-order chi connectivity index (χ0) is 12.0. The summed E-state index contributed by atoms with van der Waals surface area (Å²) >= 11 is 0. The van der Waals surface area contributed by atoms with Crippen LogP contribution in [0.2, 0.25) is 0 Å². The summed E-state index contributed by atoms with van der Waals surface area (Å²) in [7, 11) is 0. The van der Waals surface area contributed by atoms with Gasteiger partial charge in [-0.1, -0.05) is 6.07 Å². The van der Waals surface area contributed by atoms with Crippen molar-refractivity contribution in [1.82, 2.24) is 9.61 Å². The van der Waals surface area contributed by atoms with Crippen LogP contribution in [0.15, 0.2) is 18.3 Å². The number of hydrogen-bond donors (Lipinski definition) is 1. The van der Waals surface area contributed by atoms with E-state index in [1.54, 1.807) is 0 Å². The number of nitrogens with zero attached hydrogens (tertiary/aromatic N) is 3. The Hall–Kier alpha value is -1.86. The molecule has 1 aliphatic carbocycles. The number of hydrogen-bond acceptors (Lipinski definition) is 2. The van der Waals surface area contributed by atoms with Crippen LogP contribution >= 0.6 is 0 Å². The third kappa shape index (κ3) is 1.51. The first kappa shape index (κ1) is 10.3. The lowest BCUT2D eigenvalue weighted by Crippen LogP contribution is -2.41. The number of pyridine rings is 1. The van der Waals surface area contributed by atoms with Gasteiger partial charge in [-0.15, -0.1) is 0 Å². The molecule has 0 saturated heterocycles. The highest BCUT2D eigenvalue weighted by Gasteiger charge is 2.38. The highest BCUT2D eigenvalue weighted by Crippen LogP contribution is 2.30. The lowest BCUT2D eigenvalue weighted by Gasteiger charge is -2.21. The van der Waals surface area contributed by atoms with Gasteiger partial charge >= 0.3 is 0 Å². The van der Waals surface area contributed by atoms with Crippen LogP contribution < -0.4 is 5.73 Å². The van der Waals surface area contributed by atoms with Crippen LogP contribution in [-0.2, 0) is 12.8 Å². The van der Waals surface area contributed by atoms with Crippen molar-refractivity contribution in [2.24, 2.45) is 5.73 Å². The second-order valence-electron chi connectivity index (χ2n) is 4.85. The Morgan fingerprint density at radius 2 is 2.35 bits per heavy atom. The largest absolute Gasteiger partial charge is 0.293 e. The molecule has 2 N–H and O–H groups in total. The van der Waals surface area contributed by atoms with E-state index in [0.29, 0.717) is 12.8 Å². The summed E-state index contributed by atoms with van der Waals surface area (Å²) in [5, 5.41) is 4.57. The summed E-state index contributed by atoms with van der Waals surface area (Å²) in [6.07, 6.45) is 4.13. The monoisotopic (exact) mass is 226 g/mol. The summed E-state index contributed by atoms with van der Waals surface area (Å²) in [5.41, 5.74) is 9.84. The summed E-state index contributed by atoms with van der Waals surface area (Å²) in [4.78, 5) is 3.57. The van der Waals surface area contributed by atoms with Crippen LogP contribution in [0.25, 0.3) is 10.4 Å². The van der Waals surface area contributed by atoms with E-state index in [1.165, 1.54) is 5.56 Å². The minimum atomic E-state index is -0.735. The second-order valence-corrected chi connectivity index (χ2v) is 4.85. The smallest absolute Gasteiger partial charge is 0.288 e. The molecule has 2 heterocycles. The molecule has 0 saturated carbocycles. The molecular weight excluding hydrogens is 212 g/mol. The van der Waals surface area contributed by atoms with E-state index in [-0.39, 0.29) is 0 Å². The van der Waals surface area contributed by atoms with Crippen LogP contribution in [0, 0.1) is 13.5 Å². The Labute approximate surface area is 99.9 Å². The Morgan fingerprint density at radius 3 is 3.12 bits per heavy atom. The van der Waals surface area contributed by atoms with Gasteiger partial charge in [0.1, 0.15) is 0 Å². The van der Waals surface area contributed by atoms with Crippen molar-refractivity contribution in [2.75, 3.05) is 0 Å². The predicted molar refractivity (Wildman–Crippen MR) is 65.5 cm³/mol. The van der Waals surface area contributed by atoms with Crippen LogP contribution in [0.5, 0.6) is 0 Å². The summed E-state index contributed by atoms with van der Waals surface area (Å²) in [6.45, 7) is 9.25. The fourth-order valence-electron chi connectivity index (χ4n) is 2.47. The maximum Gasteiger partial charge on any atom is 0.288 e. The first-order valence-corrected chi connectivity index (χ1v) is 5.75. The van der Waals surface area contributed by atoms with E-state index in [2.05, 4.69) is 22.1 Å². The van der Waals surface area contributed by atoms with E-state index in [9.17, 15) is 0 Å². The van der Waals surface area contributed by atoms with E-state index in [4.69, 9.17) is 12.3 Å². The Bertz CT molecular complexity index is 635. The van der Waals surface area contributed by atoms with E-state index in [1.807, 2.05) is 17.6 Å². The molecule has 0 radical (unpaired) electrons. The lowest BCUT2D eigenvalue weighted by molar-refractivity contribution is 0.453. The number of fused-ring (bicyclic) bond motifs is 3. The third-order valence-electron chi connectivity index (χ3n) is 3.46. The minimum Gasteiger partial charge on any atom is -0.293 e. The number of rotatable bonds is 0. The molecule has 3 rings (SSSR count). The first-order chi connectivity index (χ1) is 8.11. The molecule has 2 aromatic heterocycles. The van der Waals surface area contributed by atoms with Crippen molar-refractivity contribution < 1.29 is 0 Å². The van der Waals surface area contributed by atoms with Gasteiger partial charge < -0.3 is 0 Å². The molecule has 86 valence electrons. The van der Waals surface area contributed by atoms with E-state index >= 15 is 0 Å². The zero-order valence-corrected chi connectivity index (χ0v) is 9.77. The molecule has 17 heavy (non-hydrogen) atoms. The molecule has 1 aliphatic rings. The van der Waals surface area contributed by atoms with Gasteiger partial charge in [-0.25, -0.2) is 11.1 Å². The summed E-state index contributed by atoms with van der Waals surface area (Å²) in [6, 6.07) is 4.14. The average Bonchev–Trinajstić information content (AvgIpc) is 2.66. The van der Waals surface area contributed by atoms with Crippen LogP contribution in [0.1, 0.15) is 23.2 Å². The standard InChI is InChI=1S/C13H14N4/c1-9-3-4-12-10-7-13(14,15-2)6-5-11(10)16-17(12)8-9/h3-4,8H,5-7,14H2,1H3. The van der Waals surface area contributed by atoms with Crippen LogP contribution in [0.3, 0.4) is 0 Å². The molecule has 2 aromatic rings. The molecule has 0 spiro atoms.